The van der Waals surface area contributed by atoms with E-state index in [1.165, 1.54) is 12.1 Å². The van der Waals surface area contributed by atoms with E-state index in [0.717, 1.165) is 11.3 Å². The summed E-state index contributed by atoms with van der Waals surface area (Å²) in [7, 11) is 1.61. The monoisotopic (exact) mass is 386 g/mol. The molecular formula is C21H26N2O5. The Kier molecular flexibility index (Phi) is 6.98. The van der Waals surface area contributed by atoms with Crippen molar-refractivity contribution in [2.45, 2.75) is 39.3 Å². The lowest BCUT2D eigenvalue weighted by Crippen LogP contribution is -2.37. The Balaban J connectivity index is 2.14. The fourth-order valence-electron chi connectivity index (χ4n) is 2.61. The van der Waals surface area contributed by atoms with Crippen LogP contribution in [0.25, 0.3) is 0 Å². The maximum atomic E-state index is 12.7. The van der Waals surface area contributed by atoms with Gasteiger partial charge in [-0.2, -0.15) is 0 Å². The van der Waals surface area contributed by atoms with Crippen molar-refractivity contribution in [1.29, 1.82) is 0 Å². The number of rotatable bonds is 7. The molecule has 0 aliphatic carbocycles. The van der Waals surface area contributed by atoms with Crippen molar-refractivity contribution in [2.24, 2.45) is 0 Å². The number of carbonyl (C=O) groups excluding carboxylic acids is 1. The maximum Gasteiger partial charge on any atom is 0.410 e. The van der Waals surface area contributed by atoms with E-state index in [9.17, 15) is 14.9 Å². The summed E-state index contributed by atoms with van der Waals surface area (Å²) in [5, 5.41) is 11.0. The average molecular weight is 386 g/mol. The molecule has 0 aliphatic rings. The lowest BCUT2D eigenvalue weighted by atomic mass is 10.1. The summed E-state index contributed by atoms with van der Waals surface area (Å²) in [6.07, 6.45) is 0.172. The van der Waals surface area contributed by atoms with E-state index in [0.29, 0.717) is 18.5 Å². The molecule has 0 saturated heterocycles. The number of nitro groups is 1. The van der Waals surface area contributed by atoms with E-state index in [-0.39, 0.29) is 12.2 Å². The molecule has 0 heterocycles. The first-order valence-electron chi connectivity index (χ1n) is 9.02. The number of ether oxygens (including phenoxy) is 2. The molecule has 2 rings (SSSR count). The number of non-ortho nitro benzene ring substituents is 1. The van der Waals surface area contributed by atoms with E-state index < -0.39 is 16.6 Å². The normalized spacial score (nSPS) is 11.0. The minimum absolute atomic E-state index is 0.00297. The second-order valence-electron chi connectivity index (χ2n) is 7.43. The Morgan fingerprint density at radius 2 is 1.79 bits per heavy atom. The van der Waals surface area contributed by atoms with Crippen LogP contribution >= 0.6 is 0 Å². The largest absolute Gasteiger partial charge is 0.497 e. The highest BCUT2D eigenvalue weighted by atomic mass is 16.6. The van der Waals surface area contributed by atoms with Gasteiger partial charge in [-0.3, -0.25) is 10.1 Å². The molecule has 2 aromatic rings. The molecule has 1 amide bonds. The summed E-state index contributed by atoms with van der Waals surface area (Å²) in [6, 6.07) is 13.9. The van der Waals surface area contributed by atoms with Crippen LogP contribution in [0.1, 0.15) is 31.9 Å². The summed E-state index contributed by atoms with van der Waals surface area (Å²) >= 11 is 0. The number of benzene rings is 2. The van der Waals surface area contributed by atoms with Gasteiger partial charge < -0.3 is 14.4 Å². The van der Waals surface area contributed by atoms with Crippen LogP contribution in [0.3, 0.4) is 0 Å². The van der Waals surface area contributed by atoms with E-state index in [1.54, 1.807) is 44.9 Å². The van der Waals surface area contributed by atoms with Crippen molar-refractivity contribution >= 4 is 11.8 Å². The highest BCUT2D eigenvalue weighted by Gasteiger charge is 2.22. The molecule has 0 spiro atoms. The highest BCUT2D eigenvalue weighted by Crippen LogP contribution is 2.18. The first-order valence-corrected chi connectivity index (χ1v) is 9.02. The zero-order valence-corrected chi connectivity index (χ0v) is 16.7. The number of nitro benzene ring substituents is 1. The van der Waals surface area contributed by atoms with Crippen LogP contribution in [0.2, 0.25) is 0 Å². The van der Waals surface area contributed by atoms with E-state index in [4.69, 9.17) is 9.47 Å². The molecule has 2 aromatic carbocycles. The topological polar surface area (TPSA) is 81.9 Å². The predicted octanol–water partition coefficient (Wildman–Crippen LogP) is 4.58. The number of hydrogen-bond donors (Lipinski definition) is 0. The molecule has 28 heavy (non-hydrogen) atoms. The van der Waals surface area contributed by atoms with Crippen molar-refractivity contribution in [1.82, 2.24) is 4.90 Å². The van der Waals surface area contributed by atoms with Gasteiger partial charge in [-0.1, -0.05) is 24.3 Å². The zero-order chi connectivity index (χ0) is 20.7. The van der Waals surface area contributed by atoms with E-state index in [2.05, 4.69) is 0 Å². The van der Waals surface area contributed by atoms with Crippen molar-refractivity contribution < 1.29 is 19.2 Å². The minimum atomic E-state index is -0.627. The van der Waals surface area contributed by atoms with Crippen LogP contribution in [0, 0.1) is 10.1 Å². The Bertz CT molecular complexity index is 812. The van der Waals surface area contributed by atoms with Gasteiger partial charge in [-0.05, 0) is 50.5 Å². The van der Waals surface area contributed by atoms with Gasteiger partial charge in [0.05, 0.1) is 12.0 Å². The Morgan fingerprint density at radius 1 is 1.11 bits per heavy atom. The Hall–Kier alpha value is -3.09. The van der Waals surface area contributed by atoms with Crippen LogP contribution in [0.4, 0.5) is 10.5 Å². The highest BCUT2D eigenvalue weighted by molar-refractivity contribution is 5.68. The molecule has 150 valence electrons. The summed E-state index contributed by atoms with van der Waals surface area (Å²) in [4.78, 5) is 24.8. The lowest BCUT2D eigenvalue weighted by molar-refractivity contribution is -0.384. The molecule has 7 nitrogen and oxygen atoms in total. The van der Waals surface area contributed by atoms with E-state index in [1.807, 2.05) is 24.3 Å². The van der Waals surface area contributed by atoms with Crippen LogP contribution in [-0.4, -0.2) is 35.2 Å². The van der Waals surface area contributed by atoms with Crippen molar-refractivity contribution in [2.75, 3.05) is 13.7 Å². The number of carbonyl (C=O) groups is 1. The molecule has 0 N–H and O–H groups in total. The lowest BCUT2D eigenvalue weighted by Gasteiger charge is -2.27. The fraction of sp³-hybridized carbons (Fsp3) is 0.381. The number of methoxy groups -OCH3 is 1. The molecule has 0 aromatic heterocycles. The molecule has 0 atom stereocenters. The first kappa shape index (κ1) is 21.2. The summed E-state index contributed by atoms with van der Waals surface area (Å²) in [6.45, 7) is 6.07. The maximum absolute atomic E-state index is 12.7. The van der Waals surface area contributed by atoms with Crippen LogP contribution in [0.15, 0.2) is 48.5 Å². The van der Waals surface area contributed by atoms with Gasteiger partial charge in [0, 0.05) is 25.2 Å². The standard InChI is InChI=1S/C21H26N2O5/c1-21(2,3)28-20(24)22(13-12-16-8-10-19(27-4)11-9-16)15-17-6-5-7-18(14-17)23(25)26/h5-11,14H,12-13,15H2,1-4H3. The predicted molar refractivity (Wildman–Crippen MR) is 106 cm³/mol. The second-order valence-corrected chi connectivity index (χ2v) is 7.43. The molecule has 0 unspecified atom stereocenters. The van der Waals surface area contributed by atoms with Gasteiger partial charge in [0.15, 0.2) is 0 Å². The van der Waals surface area contributed by atoms with Gasteiger partial charge >= 0.3 is 6.09 Å². The summed E-state index contributed by atoms with van der Waals surface area (Å²) in [5.74, 6) is 0.768. The molecule has 0 bridgehead atoms. The SMILES string of the molecule is COc1ccc(CCN(Cc2cccc([N+](=O)[O-])c2)C(=O)OC(C)(C)C)cc1. The molecule has 7 heteroatoms. The van der Waals surface area contributed by atoms with Crippen molar-refractivity contribution in [3.63, 3.8) is 0 Å². The van der Waals surface area contributed by atoms with Gasteiger partial charge in [0.2, 0.25) is 0 Å². The summed E-state index contributed by atoms with van der Waals surface area (Å²) in [5.41, 5.74) is 1.10. The van der Waals surface area contributed by atoms with Gasteiger partial charge in [0.1, 0.15) is 11.4 Å². The zero-order valence-electron chi connectivity index (χ0n) is 16.7. The molecule has 0 radical (unpaired) electrons. The number of hydrogen-bond acceptors (Lipinski definition) is 5. The van der Waals surface area contributed by atoms with Gasteiger partial charge in [0.25, 0.3) is 5.69 Å². The van der Waals surface area contributed by atoms with E-state index >= 15 is 0 Å². The van der Waals surface area contributed by atoms with Crippen molar-refractivity contribution in [3.05, 3.63) is 69.8 Å². The van der Waals surface area contributed by atoms with Gasteiger partial charge in [-0.15, -0.1) is 0 Å². The molecule has 0 aliphatic heterocycles. The van der Waals surface area contributed by atoms with Crippen LogP contribution < -0.4 is 4.74 Å². The second kappa shape index (κ2) is 9.21. The van der Waals surface area contributed by atoms with Crippen LogP contribution in [0.5, 0.6) is 5.75 Å². The number of amides is 1. The number of nitrogens with zero attached hydrogens (tertiary/aromatic N) is 2. The average Bonchev–Trinajstić information content (AvgIpc) is 2.64. The Morgan fingerprint density at radius 3 is 2.36 bits per heavy atom. The third-order valence-electron chi connectivity index (χ3n) is 3.98. The minimum Gasteiger partial charge on any atom is -0.497 e. The fourth-order valence-corrected chi connectivity index (χ4v) is 2.61. The van der Waals surface area contributed by atoms with Gasteiger partial charge in [-0.25, -0.2) is 4.79 Å². The molecular weight excluding hydrogens is 360 g/mol. The summed E-state index contributed by atoms with van der Waals surface area (Å²) < 4.78 is 10.7. The first-order chi connectivity index (χ1) is 13.2. The smallest absolute Gasteiger partial charge is 0.410 e. The quantitative estimate of drug-likeness (QED) is 0.514. The third kappa shape index (κ3) is 6.57. The van der Waals surface area contributed by atoms with Crippen molar-refractivity contribution in [3.8, 4) is 5.75 Å². The molecule has 0 fully saturated rings. The molecule has 0 saturated carbocycles. The third-order valence-corrected chi connectivity index (χ3v) is 3.98. The Labute approximate surface area is 165 Å². The van der Waals surface area contributed by atoms with Crippen LogP contribution in [-0.2, 0) is 17.7 Å².